The van der Waals surface area contributed by atoms with Crippen molar-refractivity contribution in [2.24, 2.45) is 10.9 Å². The van der Waals surface area contributed by atoms with E-state index in [1.54, 1.807) is 6.92 Å². The minimum Gasteiger partial charge on any atom is -0.295 e. The first-order chi connectivity index (χ1) is 14.3. The Labute approximate surface area is 181 Å². The molecule has 0 aliphatic carbocycles. The van der Waals surface area contributed by atoms with Gasteiger partial charge in [0.2, 0.25) is 0 Å². The molecule has 30 heavy (non-hydrogen) atoms. The number of Topliss-reactive ketones (excluding diaryl/α,β-unsaturated/α-hetero) is 2. The van der Waals surface area contributed by atoms with Gasteiger partial charge >= 0.3 is 0 Å². The van der Waals surface area contributed by atoms with Crippen molar-refractivity contribution < 1.29 is 9.59 Å². The van der Waals surface area contributed by atoms with Gasteiger partial charge in [-0.2, -0.15) is 5.26 Å². The number of aryl methyl sites for hydroxylation is 2. The zero-order valence-corrected chi connectivity index (χ0v) is 18.4. The van der Waals surface area contributed by atoms with E-state index < -0.39 is 5.92 Å². The minimum absolute atomic E-state index is 0.00880. The molecule has 1 heterocycles. The molecule has 0 spiro atoms. The van der Waals surface area contributed by atoms with Gasteiger partial charge in [0.25, 0.3) is 0 Å². The van der Waals surface area contributed by atoms with Crippen LogP contribution in [0.4, 0.5) is 0 Å². The number of aliphatic imine (C=N–C) groups is 1. The number of ketones is 2. The van der Waals surface area contributed by atoms with E-state index in [1.807, 2.05) is 62.4 Å². The van der Waals surface area contributed by atoms with Crippen LogP contribution in [0.2, 0.25) is 0 Å². The standard InChI is InChI=1S/C25H24N2O2S/c1-15-8-10-19(11-9-15)22(29)14-30-25-21(13-26)24(20-7-5-6-16(2)12-20)23(18(4)28)17(3)27-25/h5-12,21,24H,14H2,1-4H3/t21?,24-/m1/s1. The van der Waals surface area contributed by atoms with E-state index in [0.29, 0.717) is 21.9 Å². The first kappa shape index (κ1) is 21.7. The third-order valence-corrected chi connectivity index (χ3v) is 6.27. The van der Waals surface area contributed by atoms with Gasteiger partial charge in [0, 0.05) is 22.8 Å². The number of carbonyl (C=O) groups is 2. The summed E-state index contributed by atoms with van der Waals surface area (Å²) in [7, 11) is 0. The van der Waals surface area contributed by atoms with Crippen LogP contribution in [-0.2, 0) is 4.79 Å². The molecule has 5 heteroatoms. The molecule has 2 aromatic rings. The summed E-state index contributed by atoms with van der Waals surface area (Å²) in [6.07, 6.45) is 0. The number of allylic oxidation sites excluding steroid dienone is 2. The van der Waals surface area contributed by atoms with Crippen LogP contribution < -0.4 is 0 Å². The number of hydrogen-bond donors (Lipinski definition) is 0. The highest BCUT2D eigenvalue weighted by molar-refractivity contribution is 8.14. The molecule has 1 aliphatic rings. The van der Waals surface area contributed by atoms with E-state index in [4.69, 9.17) is 0 Å². The average Bonchev–Trinajstić information content (AvgIpc) is 2.71. The average molecular weight is 417 g/mol. The zero-order chi connectivity index (χ0) is 21.8. The van der Waals surface area contributed by atoms with E-state index in [9.17, 15) is 14.9 Å². The molecule has 3 rings (SSSR count). The molecule has 0 saturated heterocycles. The molecule has 0 aromatic heterocycles. The lowest BCUT2D eigenvalue weighted by Crippen LogP contribution is -2.28. The van der Waals surface area contributed by atoms with Crippen molar-refractivity contribution in [2.75, 3.05) is 5.75 Å². The lowest BCUT2D eigenvalue weighted by atomic mass is 9.77. The maximum atomic E-state index is 12.6. The SMILES string of the molecule is CC(=O)C1=C(C)N=C(SCC(=O)c2ccc(C)cc2)C(C#N)[C@H]1c1cccc(C)c1. The maximum Gasteiger partial charge on any atom is 0.173 e. The summed E-state index contributed by atoms with van der Waals surface area (Å²) >= 11 is 1.29. The first-order valence-electron chi connectivity index (χ1n) is 9.81. The number of nitriles is 1. The fourth-order valence-electron chi connectivity index (χ4n) is 3.74. The highest BCUT2D eigenvalue weighted by Crippen LogP contribution is 2.41. The van der Waals surface area contributed by atoms with Crippen molar-refractivity contribution in [3.8, 4) is 6.07 Å². The summed E-state index contributed by atoms with van der Waals surface area (Å²) < 4.78 is 0. The molecular weight excluding hydrogens is 392 g/mol. The molecule has 0 fully saturated rings. The number of nitrogens with zero attached hydrogens (tertiary/aromatic N) is 2. The van der Waals surface area contributed by atoms with Gasteiger partial charge < -0.3 is 0 Å². The van der Waals surface area contributed by atoms with Crippen molar-refractivity contribution in [1.82, 2.24) is 0 Å². The minimum atomic E-state index is -0.606. The molecule has 152 valence electrons. The quantitative estimate of drug-likeness (QED) is 0.610. The van der Waals surface area contributed by atoms with Gasteiger partial charge in [0.1, 0.15) is 5.92 Å². The van der Waals surface area contributed by atoms with Gasteiger partial charge in [-0.1, -0.05) is 59.7 Å². The Kier molecular flexibility index (Phi) is 6.69. The fourth-order valence-corrected chi connectivity index (χ4v) is 4.76. The smallest absolute Gasteiger partial charge is 0.173 e. The van der Waals surface area contributed by atoms with Gasteiger partial charge in [-0.05, 0) is 33.3 Å². The van der Waals surface area contributed by atoms with Crippen LogP contribution in [0, 0.1) is 31.1 Å². The van der Waals surface area contributed by atoms with E-state index in [1.165, 1.54) is 18.7 Å². The van der Waals surface area contributed by atoms with E-state index in [0.717, 1.165) is 16.7 Å². The summed E-state index contributed by atoms with van der Waals surface area (Å²) in [4.78, 5) is 29.6. The molecule has 0 N–H and O–H groups in total. The van der Waals surface area contributed by atoms with Crippen LogP contribution in [-0.4, -0.2) is 22.4 Å². The van der Waals surface area contributed by atoms with Crippen LogP contribution in [0.1, 0.15) is 46.8 Å². The van der Waals surface area contributed by atoms with Crippen molar-refractivity contribution in [3.63, 3.8) is 0 Å². The van der Waals surface area contributed by atoms with Gasteiger partial charge in [-0.3, -0.25) is 9.59 Å². The van der Waals surface area contributed by atoms with Crippen molar-refractivity contribution >= 4 is 28.4 Å². The maximum absolute atomic E-state index is 12.6. The van der Waals surface area contributed by atoms with E-state index >= 15 is 0 Å². The molecule has 1 unspecified atom stereocenters. The van der Waals surface area contributed by atoms with E-state index in [-0.39, 0.29) is 23.2 Å². The summed E-state index contributed by atoms with van der Waals surface area (Å²) in [5.74, 6) is -0.885. The van der Waals surface area contributed by atoms with Crippen molar-refractivity contribution in [1.29, 1.82) is 5.26 Å². The number of benzene rings is 2. The Morgan fingerprint density at radius 1 is 1.07 bits per heavy atom. The number of rotatable bonds is 5. The summed E-state index contributed by atoms with van der Waals surface area (Å²) in [6.45, 7) is 7.28. The molecule has 0 saturated carbocycles. The van der Waals surface area contributed by atoms with Crippen LogP contribution in [0.15, 0.2) is 64.8 Å². The molecular formula is C25H24N2O2S. The molecule has 0 radical (unpaired) electrons. The Bertz CT molecular complexity index is 1090. The van der Waals surface area contributed by atoms with Crippen LogP contribution in [0.25, 0.3) is 0 Å². The molecule has 0 bridgehead atoms. The van der Waals surface area contributed by atoms with Crippen LogP contribution >= 0.6 is 11.8 Å². The Balaban J connectivity index is 1.93. The Hall–Kier alpha value is -2.97. The van der Waals surface area contributed by atoms with Crippen LogP contribution in [0.3, 0.4) is 0 Å². The van der Waals surface area contributed by atoms with Gasteiger partial charge in [0.15, 0.2) is 11.6 Å². The molecule has 1 aliphatic heterocycles. The summed E-state index contributed by atoms with van der Waals surface area (Å²) in [6, 6.07) is 17.7. The lowest BCUT2D eigenvalue weighted by Gasteiger charge is -2.30. The molecule has 0 amide bonds. The van der Waals surface area contributed by atoms with Gasteiger partial charge in [-0.25, -0.2) is 4.99 Å². The molecule has 2 aromatic carbocycles. The van der Waals surface area contributed by atoms with Gasteiger partial charge in [-0.15, -0.1) is 11.8 Å². The first-order valence-corrected chi connectivity index (χ1v) is 10.8. The van der Waals surface area contributed by atoms with Crippen molar-refractivity contribution in [2.45, 2.75) is 33.6 Å². The van der Waals surface area contributed by atoms with Gasteiger partial charge in [0.05, 0.1) is 16.9 Å². The fraction of sp³-hybridized carbons (Fsp3) is 0.280. The number of carbonyl (C=O) groups excluding carboxylic acids is 2. The normalized spacial score (nSPS) is 18.6. The second kappa shape index (κ2) is 9.23. The number of thioether (sulfide) groups is 1. The predicted octanol–water partition coefficient (Wildman–Crippen LogP) is 5.42. The Morgan fingerprint density at radius 2 is 1.77 bits per heavy atom. The topological polar surface area (TPSA) is 70.3 Å². The second-order valence-corrected chi connectivity index (χ2v) is 8.58. The lowest BCUT2D eigenvalue weighted by molar-refractivity contribution is -0.114. The zero-order valence-electron chi connectivity index (χ0n) is 17.6. The monoisotopic (exact) mass is 416 g/mol. The highest BCUT2D eigenvalue weighted by atomic mass is 32.2. The Morgan fingerprint density at radius 3 is 2.37 bits per heavy atom. The second-order valence-electron chi connectivity index (χ2n) is 7.58. The third-order valence-electron chi connectivity index (χ3n) is 5.22. The molecule has 4 nitrogen and oxygen atoms in total. The molecule has 2 atom stereocenters. The van der Waals surface area contributed by atoms with Crippen LogP contribution in [0.5, 0.6) is 0 Å². The van der Waals surface area contributed by atoms with E-state index in [2.05, 4.69) is 11.1 Å². The van der Waals surface area contributed by atoms with Crippen molar-refractivity contribution in [3.05, 3.63) is 82.1 Å². The largest absolute Gasteiger partial charge is 0.295 e. The third kappa shape index (κ3) is 4.60. The summed E-state index contributed by atoms with van der Waals surface area (Å²) in [5.41, 5.74) is 4.91. The summed E-state index contributed by atoms with van der Waals surface area (Å²) in [5, 5.41) is 10.6. The predicted molar refractivity (Wildman–Crippen MR) is 122 cm³/mol. The highest BCUT2D eigenvalue weighted by Gasteiger charge is 2.37. The number of hydrogen-bond acceptors (Lipinski definition) is 5.